The van der Waals surface area contributed by atoms with Crippen LogP contribution in [0.4, 0.5) is 14.9 Å². The van der Waals surface area contributed by atoms with Crippen molar-refractivity contribution in [2.75, 3.05) is 11.5 Å². The zero-order valence-electron chi connectivity index (χ0n) is 20.8. The van der Waals surface area contributed by atoms with E-state index >= 15 is 0 Å². The van der Waals surface area contributed by atoms with Crippen LogP contribution < -0.4 is 20.9 Å². The van der Waals surface area contributed by atoms with Crippen LogP contribution in [-0.2, 0) is 10.2 Å². The van der Waals surface area contributed by atoms with E-state index in [2.05, 4.69) is 6.92 Å². The first-order valence-corrected chi connectivity index (χ1v) is 12.3. The van der Waals surface area contributed by atoms with Crippen LogP contribution >= 0.6 is 0 Å². The van der Waals surface area contributed by atoms with Crippen molar-refractivity contribution in [3.63, 3.8) is 0 Å². The average molecular weight is 510 g/mol. The monoisotopic (exact) mass is 509 g/mol. The molecule has 11 heteroatoms. The second-order valence-corrected chi connectivity index (χ2v) is 10.9. The number of hydrogen-bond donors (Lipinski definition) is 1. The molecule has 3 aromatic heterocycles. The Labute approximate surface area is 211 Å². The maximum Gasteiger partial charge on any atom is 0.326 e. The number of imide groups is 1. The molecule has 3 aromatic rings. The fraction of sp³-hybridized carbons (Fsp3) is 0.462. The minimum atomic E-state index is -1.15. The van der Waals surface area contributed by atoms with Gasteiger partial charge in [0, 0.05) is 36.5 Å². The number of pyridine rings is 2. The molecule has 2 saturated carbocycles. The van der Waals surface area contributed by atoms with E-state index < -0.39 is 29.7 Å². The fourth-order valence-corrected chi connectivity index (χ4v) is 5.75. The lowest BCUT2D eigenvalue weighted by atomic mass is 9.62. The minimum absolute atomic E-state index is 0.0344. The van der Waals surface area contributed by atoms with Crippen molar-refractivity contribution >= 4 is 23.3 Å². The maximum atomic E-state index is 13.8. The van der Waals surface area contributed by atoms with Crippen molar-refractivity contribution in [3.8, 4) is 5.75 Å². The molecule has 2 aliphatic carbocycles. The van der Waals surface area contributed by atoms with Crippen molar-refractivity contribution < 1.29 is 23.5 Å². The SMILES string of the molecule is CC(C)Oc1cc2nc(C34COC(C)(C3)C4)cn2cc1C(=O)N(C(N)=O)c1cccn([C@@H]2C[C@H]2F)c1=O. The van der Waals surface area contributed by atoms with E-state index in [0.29, 0.717) is 17.2 Å². The number of alkyl halides is 1. The molecule has 2 aliphatic heterocycles. The second kappa shape index (κ2) is 7.88. The zero-order valence-corrected chi connectivity index (χ0v) is 20.8. The summed E-state index contributed by atoms with van der Waals surface area (Å²) in [5.74, 6) is -0.627. The Bertz CT molecular complexity index is 1500. The molecular formula is C26H28FN5O5. The maximum absolute atomic E-state index is 13.8. The molecule has 194 valence electrons. The molecule has 2 saturated heterocycles. The van der Waals surface area contributed by atoms with Gasteiger partial charge in [0.15, 0.2) is 0 Å². The summed E-state index contributed by atoms with van der Waals surface area (Å²) in [6.07, 6.45) is 5.35. The highest BCUT2D eigenvalue weighted by Gasteiger charge is 2.61. The van der Waals surface area contributed by atoms with E-state index in [1.807, 2.05) is 20.0 Å². The lowest BCUT2D eigenvalue weighted by Crippen LogP contribution is -2.45. The van der Waals surface area contributed by atoms with E-state index in [-0.39, 0.29) is 40.5 Å². The second-order valence-electron chi connectivity index (χ2n) is 10.9. The summed E-state index contributed by atoms with van der Waals surface area (Å²) in [6, 6.07) is 2.69. The number of carbonyl (C=O) groups excluding carboxylic acids is 2. The van der Waals surface area contributed by atoms with Gasteiger partial charge >= 0.3 is 6.03 Å². The van der Waals surface area contributed by atoms with Crippen molar-refractivity contribution in [3.05, 3.63) is 58.4 Å². The van der Waals surface area contributed by atoms with E-state index in [1.54, 1.807) is 10.5 Å². The number of fused-ring (bicyclic) bond motifs is 2. The summed E-state index contributed by atoms with van der Waals surface area (Å²) in [5.41, 5.74) is 5.88. The molecule has 2 bridgehead atoms. The quantitative estimate of drug-likeness (QED) is 0.545. The van der Waals surface area contributed by atoms with Crippen LogP contribution in [0.3, 0.4) is 0 Å². The Hall–Kier alpha value is -3.73. The third-order valence-electron chi connectivity index (χ3n) is 7.47. The Morgan fingerprint density at radius 3 is 2.65 bits per heavy atom. The summed E-state index contributed by atoms with van der Waals surface area (Å²) in [5, 5.41) is 0. The normalized spacial score (nSPS) is 27.8. The number of hydrogen-bond acceptors (Lipinski definition) is 6. The first kappa shape index (κ1) is 23.7. The van der Waals surface area contributed by atoms with Gasteiger partial charge in [0.2, 0.25) is 0 Å². The third kappa shape index (κ3) is 3.71. The van der Waals surface area contributed by atoms with Crippen LogP contribution in [0.1, 0.15) is 62.1 Å². The van der Waals surface area contributed by atoms with Crippen LogP contribution in [0.5, 0.6) is 5.75 Å². The number of nitrogens with zero attached hydrogens (tertiary/aromatic N) is 4. The Morgan fingerprint density at radius 2 is 2.05 bits per heavy atom. The van der Waals surface area contributed by atoms with Gasteiger partial charge in [0.05, 0.1) is 35.6 Å². The molecular weight excluding hydrogens is 481 g/mol. The van der Waals surface area contributed by atoms with Gasteiger partial charge in [-0.3, -0.25) is 9.59 Å². The van der Waals surface area contributed by atoms with Gasteiger partial charge in [-0.25, -0.2) is 19.1 Å². The molecule has 3 amide bonds. The number of urea groups is 1. The van der Waals surface area contributed by atoms with Crippen LogP contribution in [-0.4, -0.2) is 50.4 Å². The first-order valence-electron chi connectivity index (χ1n) is 12.3. The van der Waals surface area contributed by atoms with Gasteiger partial charge in [-0.2, -0.15) is 0 Å². The number of primary amides is 1. The summed E-state index contributed by atoms with van der Waals surface area (Å²) >= 11 is 0. The molecule has 10 nitrogen and oxygen atoms in total. The predicted octanol–water partition coefficient (Wildman–Crippen LogP) is 3.11. The summed E-state index contributed by atoms with van der Waals surface area (Å²) in [7, 11) is 0. The molecule has 37 heavy (non-hydrogen) atoms. The fourth-order valence-electron chi connectivity index (χ4n) is 5.75. The molecule has 5 heterocycles. The highest BCUT2D eigenvalue weighted by Crippen LogP contribution is 2.58. The number of amides is 3. The number of aromatic nitrogens is 3. The molecule has 0 unspecified atom stereocenters. The average Bonchev–Trinajstić information content (AvgIpc) is 3.12. The third-order valence-corrected chi connectivity index (χ3v) is 7.47. The topological polar surface area (TPSA) is 121 Å². The molecule has 0 radical (unpaired) electrons. The minimum Gasteiger partial charge on any atom is -0.490 e. The molecule has 0 aromatic carbocycles. The Morgan fingerprint density at radius 1 is 1.32 bits per heavy atom. The summed E-state index contributed by atoms with van der Waals surface area (Å²) < 4.78 is 28.4. The van der Waals surface area contributed by atoms with Crippen LogP contribution in [0.25, 0.3) is 5.65 Å². The number of carbonyl (C=O) groups is 2. The molecule has 4 aliphatic rings. The molecule has 4 fully saturated rings. The van der Waals surface area contributed by atoms with Crippen LogP contribution in [0.15, 0.2) is 41.6 Å². The first-order chi connectivity index (χ1) is 17.5. The van der Waals surface area contributed by atoms with Gasteiger partial charge in [-0.15, -0.1) is 0 Å². The van der Waals surface area contributed by atoms with Gasteiger partial charge in [0.25, 0.3) is 11.5 Å². The van der Waals surface area contributed by atoms with E-state index in [1.165, 1.54) is 29.1 Å². The Kier molecular flexibility index (Phi) is 5.04. The summed E-state index contributed by atoms with van der Waals surface area (Å²) in [6.45, 7) is 6.30. The van der Waals surface area contributed by atoms with Crippen molar-refractivity contribution in [1.82, 2.24) is 14.0 Å². The number of ether oxygens (including phenoxy) is 2. The summed E-state index contributed by atoms with van der Waals surface area (Å²) in [4.78, 5) is 44.8. The molecule has 0 spiro atoms. The van der Waals surface area contributed by atoms with Gasteiger partial charge in [-0.1, -0.05) is 0 Å². The number of halogens is 1. The van der Waals surface area contributed by atoms with E-state index in [9.17, 15) is 18.8 Å². The highest BCUT2D eigenvalue weighted by molar-refractivity contribution is 6.21. The van der Waals surface area contributed by atoms with E-state index in [4.69, 9.17) is 20.2 Å². The van der Waals surface area contributed by atoms with Crippen molar-refractivity contribution in [1.29, 1.82) is 0 Å². The standard InChI is InChI=1S/C26H28FN5O5/c1-14(2)37-19-8-21-29-20(26-11-25(3,12-26)36-13-26)10-30(21)9-15(19)22(33)32(24(28)35)17-5-4-6-31(23(17)34)18-7-16(18)27/h4-6,8-10,14,16,18H,7,11-13H2,1-3H3,(H2,28,35)/t16-,18-,25?,26?/m1/s1. The number of anilines is 1. The predicted molar refractivity (Wildman–Crippen MR) is 132 cm³/mol. The lowest BCUT2D eigenvalue weighted by Gasteiger charge is -2.41. The van der Waals surface area contributed by atoms with Crippen molar-refractivity contribution in [2.24, 2.45) is 5.73 Å². The molecule has 7 rings (SSSR count). The van der Waals surface area contributed by atoms with Gasteiger partial charge in [-0.05, 0) is 45.7 Å². The van der Waals surface area contributed by atoms with Gasteiger partial charge < -0.3 is 24.2 Å². The van der Waals surface area contributed by atoms with Crippen LogP contribution in [0, 0.1) is 0 Å². The Balaban J connectivity index is 1.43. The van der Waals surface area contributed by atoms with Crippen LogP contribution in [0.2, 0.25) is 0 Å². The van der Waals surface area contributed by atoms with Gasteiger partial charge in [0.1, 0.15) is 23.3 Å². The zero-order chi connectivity index (χ0) is 26.3. The number of nitrogens with two attached hydrogens (primary N) is 1. The largest absolute Gasteiger partial charge is 0.490 e. The van der Waals surface area contributed by atoms with E-state index in [0.717, 1.165) is 18.5 Å². The smallest absolute Gasteiger partial charge is 0.326 e. The highest BCUT2D eigenvalue weighted by atomic mass is 19.1. The molecule has 2 N–H and O–H groups in total. The lowest BCUT2D eigenvalue weighted by molar-refractivity contribution is 0.0154. The number of imidazole rings is 1. The van der Waals surface area contributed by atoms with Crippen molar-refractivity contribution in [2.45, 2.75) is 69.4 Å². The molecule has 2 atom stereocenters. The number of rotatable bonds is 6.